The molecule has 21 heavy (non-hydrogen) atoms. The van der Waals surface area contributed by atoms with E-state index in [0.717, 1.165) is 24.8 Å². The molecule has 0 aliphatic carbocycles. The first-order valence-corrected chi connectivity index (χ1v) is 8.08. The number of aromatic amines is 1. The zero-order valence-corrected chi connectivity index (χ0v) is 13.4. The predicted octanol–water partition coefficient (Wildman–Crippen LogP) is 3.90. The van der Waals surface area contributed by atoms with Crippen LogP contribution in [0.1, 0.15) is 37.4 Å². The lowest BCUT2D eigenvalue weighted by molar-refractivity contribution is 0.163. The van der Waals surface area contributed by atoms with Crippen LogP contribution in [-0.2, 0) is 6.42 Å². The van der Waals surface area contributed by atoms with Gasteiger partial charge in [0, 0.05) is 29.2 Å². The van der Waals surface area contributed by atoms with Gasteiger partial charge in [0.25, 0.3) is 0 Å². The number of benzene rings is 1. The van der Waals surface area contributed by atoms with Crippen molar-refractivity contribution in [2.24, 2.45) is 0 Å². The Bertz CT molecular complexity index is 617. The molecule has 0 saturated carbocycles. The Kier molecular flexibility index (Phi) is 4.20. The van der Waals surface area contributed by atoms with E-state index in [1.165, 1.54) is 48.0 Å². The number of fused-ring (bicyclic) bond motifs is 1. The summed E-state index contributed by atoms with van der Waals surface area (Å²) >= 11 is 0. The number of likely N-dealkylation sites (tertiary alicyclic amines) is 1. The minimum Gasteiger partial charge on any atom is -0.497 e. The van der Waals surface area contributed by atoms with E-state index in [0.29, 0.717) is 0 Å². The van der Waals surface area contributed by atoms with Gasteiger partial charge < -0.3 is 14.6 Å². The quantitative estimate of drug-likeness (QED) is 0.923. The van der Waals surface area contributed by atoms with Gasteiger partial charge in [-0.15, -0.1) is 0 Å². The molecule has 3 heteroatoms. The Hall–Kier alpha value is -1.48. The van der Waals surface area contributed by atoms with Gasteiger partial charge in [0.05, 0.1) is 7.11 Å². The average Bonchev–Trinajstić information content (AvgIpc) is 2.81. The molecular weight excluding hydrogens is 260 g/mol. The SMILES string of the molecule is COc1ccc2[nH]c(C)c(CCN3CCCCC3C)c2c1. The van der Waals surface area contributed by atoms with Crippen LogP contribution < -0.4 is 4.74 Å². The number of methoxy groups -OCH3 is 1. The fourth-order valence-electron chi connectivity index (χ4n) is 3.56. The molecule has 3 rings (SSSR count). The molecule has 1 atom stereocenters. The van der Waals surface area contributed by atoms with Crippen molar-refractivity contribution in [1.82, 2.24) is 9.88 Å². The molecule has 1 unspecified atom stereocenters. The molecule has 1 aromatic heterocycles. The van der Waals surface area contributed by atoms with Crippen LogP contribution in [0, 0.1) is 6.92 Å². The molecule has 1 fully saturated rings. The van der Waals surface area contributed by atoms with Crippen molar-refractivity contribution in [2.45, 2.75) is 45.6 Å². The minimum absolute atomic E-state index is 0.735. The number of hydrogen-bond donors (Lipinski definition) is 1. The summed E-state index contributed by atoms with van der Waals surface area (Å²) in [7, 11) is 1.73. The highest BCUT2D eigenvalue weighted by Gasteiger charge is 2.19. The normalized spacial score (nSPS) is 20.0. The smallest absolute Gasteiger partial charge is 0.119 e. The van der Waals surface area contributed by atoms with Crippen LogP contribution in [0.25, 0.3) is 10.9 Å². The number of piperidine rings is 1. The van der Waals surface area contributed by atoms with E-state index in [1.54, 1.807) is 7.11 Å². The number of aryl methyl sites for hydroxylation is 1. The lowest BCUT2D eigenvalue weighted by Crippen LogP contribution is -2.38. The van der Waals surface area contributed by atoms with E-state index < -0.39 is 0 Å². The summed E-state index contributed by atoms with van der Waals surface area (Å²) in [6.07, 6.45) is 5.20. The second kappa shape index (κ2) is 6.10. The fraction of sp³-hybridized carbons (Fsp3) is 0.556. The molecule has 0 spiro atoms. The van der Waals surface area contributed by atoms with Gasteiger partial charge in [0.1, 0.15) is 5.75 Å². The first-order valence-electron chi connectivity index (χ1n) is 8.08. The zero-order chi connectivity index (χ0) is 14.8. The number of ether oxygens (including phenoxy) is 1. The van der Waals surface area contributed by atoms with Gasteiger partial charge in [-0.1, -0.05) is 6.42 Å². The van der Waals surface area contributed by atoms with Crippen molar-refractivity contribution in [1.29, 1.82) is 0 Å². The summed E-state index contributed by atoms with van der Waals surface area (Å²) in [5.41, 5.74) is 3.96. The summed E-state index contributed by atoms with van der Waals surface area (Å²) in [4.78, 5) is 6.14. The van der Waals surface area contributed by atoms with Crippen molar-refractivity contribution >= 4 is 10.9 Å². The largest absolute Gasteiger partial charge is 0.497 e. The van der Waals surface area contributed by atoms with Crippen LogP contribution in [0.5, 0.6) is 5.75 Å². The topological polar surface area (TPSA) is 28.3 Å². The standard InChI is InChI=1S/C18H26N2O/c1-13-6-4-5-10-20(13)11-9-16-14(2)19-18-8-7-15(21-3)12-17(16)18/h7-8,12-13,19H,4-6,9-11H2,1-3H3. The third kappa shape index (κ3) is 2.93. The van der Waals surface area contributed by atoms with Gasteiger partial charge in [0.15, 0.2) is 0 Å². The molecule has 2 aromatic rings. The summed E-state index contributed by atoms with van der Waals surface area (Å²) in [6, 6.07) is 7.04. The zero-order valence-electron chi connectivity index (χ0n) is 13.4. The van der Waals surface area contributed by atoms with Gasteiger partial charge in [-0.3, -0.25) is 0 Å². The van der Waals surface area contributed by atoms with Gasteiger partial charge >= 0.3 is 0 Å². The number of rotatable bonds is 4. The molecule has 1 N–H and O–H groups in total. The van der Waals surface area contributed by atoms with E-state index in [-0.39, 0.29) is 0 Å². The molecule has 114 valence electrons. The van der Waals surface area contributed by atoms with Crippen LogP contribution in [0.4, 0.5) is 0 Å². The van der Waals surface area contributed by atoms with Crippen LogP contribution in [-0.4, -0.2) is 36.1 Å². The highest BCUT2D eigenvalue weighted by molar-refractivity contribution is 5.86. The molecule has 0 bridgehead atoms. The molecule has 1 aliphatic rings. The highest BCUT2D eigenvalue weighted by atomic mass is 16.5. The molecule has 1 aromatic carbocycles. The number of nitrogens with zero attached hydrogens (tertiary/aromatic N) is 1. The maximum atomic E-state index is 5.37. The Morgan fingerprint density at radius 1 is 1.33 bits per heavy atom. The van der Waals surface area contributed by atoms with Crippen LogP contribution in [0.3, 0.4) is 0 Å². The number of nitrogens with one attached hydrogen (secondary N) is 1. The second-order valence-electron chi connectivity index (χ2n) is 6.27. The van der Waals surface area contributed by atoms with Gasteiger partial charge in [-0.2, -0.15) is 0 Å². The van der Waals surface area contributed by atoms with Crippen LogP contribution in [0.15, 0.2) is 18.2 Å². The van der Waals surface area contributed by atoms with E-state index in [2.05, 4.69) is 35.9 Å². The summed E-state index contributed by atoms with van der Waals surface area (Å²) in [5.74, 6) is 0.939. The Morgan fingerprint density at radius 3 is 2.95 bits per heavy atom. The van der Waals surface area contributed by atoms with Gasteiger partial charge in [0.2, 0.25) is 0 Å². The van der Waals surface area contributed by atoms with Crippen molar-refractivity contribution in [3.05, 3.63) is 29.5 Å². The van der Waals surface area contributed by atoms with Crippen molar-refractivity contribution in [2.75, 3.05) is 20.2 Å². The third-order valence-corrected chi connectivity index (χ3v) is 4.92. The molecule has 0 radical (unpaired) electrons. The summed E-state index contributed by atoms with van der Waals surface area (Å²) in [5, 5.41) is 1.32. The lowest BCUT2D eigenvalue weighted by atomic mass is 10.0. The Morgan fingerprint density at radius 2 is 2.19 bits per heavy atom. The van der Waals surface area contributed by atoms with Gasteiger partial charge in [-0.25, -0.2) is 0 Å². The first-order chi connectivity index (χ1) is 10.2. The molecule has 2 heterocycles. The summed E-state index contributed by atoms with van der Waals surface area (Å²) < 4.78 is 5.37. The Labute approximate surface area is 127 Å². The number of aromatic nitrogens is 1. The van der Waals surface area contributed by atoms with Crippen molar-refractivity contribution in [3.63, 3.8) is 0 Å². The van der Waals surface area contributed by atoms with E-state index in [9.17, 15) is 0 Å². The van der Waals surface area contributed by atoms with E-state index in [1.807, 2.05) is 6.07 Å². The Balaban J connectivity index is 1.80. The second-order valence-corrected chi connectivity index (χ2v) is 6.27. The number of H-pyrrole nitrogens is 1. The maximum Gasteiger partial charge on any atom is 0.119 e. The van der Waals surface area contributed by atoms with Crippen molar-refractivity contribution < 1.29 is 4.74 Å². The molecule has 1 saturated heterocycles. The lowest BCUT2D eigenvalue weighted by Gasteiger charge is -2.33. The van der Waals surface area contributed by atoms with Crippen LogP contribution in [0.2, 0.25) is 0 Å². The fourth-order valence-corrected chi connectivity index (χ4v) is 3.56. The third-order valence-electron chi connectivity index (χ3n) is 4.92. The van der Waals surface area contributed by atoms with Crippen molar-refractivity contribution in [3.8, 4) is 5.75 Å². The molecule has 0 amide bonds. The summed E-state index contributed by atoms with van der Waals surface area (Å²) in [6.45, 7) is 6.96. The monoisotopic (exact) mass is 286 g/mol. The average molecular weight is 286 g/mol. The molecule has 1 aliphatic heterocycles. The van der Waals surface area contributed by atoms with E-state index >= 15 is 0 Å². The predicted molar refractivity (Wildman–Crippen MR) is 88.2 cm³/mol. The molecule has 3 nitrogen and oxygen atoms in total. The minimum atomic E-state index is 0.735. The maximum absolute atomic E-state index is 5.37. The highest BCUT2D eigenvalue weighted by Crippen LogP contribution is 2.27. The van der Waals surface area contributed by atoms with E-state index in [4.69, 9.17) is 4.74 Å². The molecular formula is C18H26N2O. The number of hydrogen-bond acceptors (Lipinski definition) is 2. The van der Waals surface area contributed by atoms with Crippen LogP contribution >= 0.6 is 0 Å². The van der Waals surface area contributed by atoms with Gasteiger partial charge in [-0.05, 0) is 63.4 Å². The first kappa shape index (κ1) is 14.5.